The Morgan fingerprint density at radius 1 is 1.06 bits per heavy atom. The molecule has 17 heavy (non-hydrogen) atoms. The largest absolute Gasteiger partial charge is 0.394 e. The Balaban J connectivity index is 2.78. The normalized spacial score (nSPS) is 42.2. The molecule has 0 aromatic heterocycles. The fourth-order valence-corrected chi connectivity index (χ4v) is 1.74. The number of hydrogen-bond donors (Lipinski definition) is 7. The fourth-order valence-electron chi connectivity index (χ4n) is 1.74. The Bertz CT molecular complexity index is 231. The molecule has 7 N–H and O–H groups in total. The third-order valence-electron chi connectivity index (χ3n) is 2.85. The lowest BCUT2D eigenvalue weighted by Gasteiger charge is -2.42. The second kappa shape index (κ2) is 6.03. The van der Waals surface area contributed by atoms with Crippen LogP contribution in [-0.4, -0.2) is 91.7 Å². The van der Waals surface area contributed by atoms with Crippen LogP contribution in [0, 0.1) is 0 Å². The first-order valence-corrected chi connectivity index (χ1v) is 5.21. The van der Waals surface area contributed by atoms with Crippen molar-refractivity contribution in [2.24, 2.45) is 0 Å². The van der Waals surface area contributed by atoms with Gasteiger partial charge in [-0.3, -0.25) is 0 Å². The van der Waals surface area contributed by atoms with Gasteiger partial charge in [-0.15, -0.1) is 0 Å². The van der Waals surface area contributed by atoms with Gasteiger partial charge in [0.1, 0.15) is 42.7 Å². The molecular formula is C9H18O8. The van der Waals surface area contributed by atoms with Gasteiger partial charge in [0, 0.05) is 0 Å². The second-order valence-corrected chi connectivity index (χ2v) is 4.03. The highest BCUT2D eigenvalue weighted by molar-refractivity contribution is 4.96. The van der Waals surface area contributed by atoms with E-state index in [1.807, 2.05) is 0 Å². The van der Waals surface area contributed by atoms with Crippen molar-refractivity contribution in [2.45, 2.75) is 42.7 Å². The van der Waals surface area contributed by atoms with Crippen molar-refractivity contribution in [1.82, 2.24) is 0 Å². The van der Waals surface area contributed by atoms with Gasteiger partial charge in [0.05, 0.1) is 13.2 Å². The Kier molecular flexibility index (Phi) is 5.22. The number of hydrogen-bond acceptors (Lipinski definition) is 8. The maximum absolute atomic E-state index is 9.57. The van der Waals surface area contributed by atoms with Gasteiger partial charge in [0.25, 0.3) is 0 Å². The van der Waals surface area contributed by atoms with E-state index in [1.165, 1.54) is 0 Å². The van der Waals surface area contributed by atoms with Gasteiger partial charge in [0.15, 0.2) is 0 Å². The summed E-state index contributed by atoms with van der Waals surface area (Å²) in [7, 11) is 0. The standard InChI is InChI=1S/C9H18O8/c10-1-3(12)5(13)9-8(16)7(15)6(14)4(2-11)17-9/h3-16H,1-2H2/t3?,4-,5?,6-,7+,8-,9?/m1/s1/i9+2. The highest BCUT2D eigenvalue weighted by Gasteiger charge is 2.47. The molecule has 0 saturated carbocycles. The molecule has 1 saturated heterocycles. The summed E-state index contributed by atoms with van der Waals surface area (Å²) < 4.78 is 4.98. The molecule has 0 spiro atoms. The SMILES string of the molecule is OCC(O)C(O)[14CH]1O[C@H](CO)[C@@H](O)[C@H](O)[C@H]1O. The molecule has 8 nitrogen and oxygen atoms in total. The van der Waals surface area contributed by atoms with Gasteiger partial charge in [-0.2, -0.15) is 0 Å². The lowest BCUT2D eigenvalue weighted by molar-refractivity contribution is -0.258. The summed E-state index contributed by atoms with van der Waals surface area (Å²) in [5.74, 6) is 0. The number of aliphatic hydroxyl groups is 7. The van der Waals surface area contributed by atoms with E-state index in [0.717, 1.165) is 0 Å². The van der Waals surface area contributed by atoms with Crippen LogP contribution in [0.2, 0.25) is 0 Å². The van der Waals surface area contributed by atoms with Crippen LogP contribution in [0.4, 0.5) is 0 Å². The lowest BCUT2D eigenvalue weighted by Crippen LogP contribution is -2.63. The smallest absolute Gasteiger partial charge is 0.115 e. The summed E-state index contributed by atoms with van der Waals surface area (Å²) >= 11 is 0. The van der Waals surface area contributed by atoms with Crippen LogP contribution in [0.25, 0.3) is 0 Å². The number of ether oxygens (including phenoxy) is 1. The maximum atomic E-state index is 9.57. The molecule has 1 aliphatic heterocycles. The van der Waals surface area contributed by atoms with E-state index >= 15 is 0 Å². The van der Waals surface area contributed by atoms with Gasteiger partial charge in [-0.05, 0) is 0 Å². The van der Waals surface area contributed by atoms with Crippen molar-refractivity contribution in [1.29, 1.82) is 0 Å². The quantitative estimate of drug-likeness (QED) is 0.266. The van der Waals surface area contributed by atoms with E-state index in [9.17, 15) is 25.5 Å². The monoisotopic (exact) mass is 256 g/mol. The Labute approximate surface area is 97.3 Å². The van der Waals surface area contributed by atoms with E-state index in [1.54, 1.807) is 0 Å². The molecule has 0 bridgehead atoms. The third-order valence-corrected chi connectivity index (χ3v) is 2.85. The Morgan fingerprint density at radius 2 is 1.65 bits per heavy atom. The van der Waals surface area contributed by atoms with E-state index in [2.05, 4.69) is 0 Å². The molecule has 1 aliphatic rings. The molecule has 102 valence electrons. The number of rotatable bonds is 4. The zero-order chi connectivity index (χ0) is 13.2. The van der Waals surface area contributed by atoms with Crippen molar-refractivity contribution >= 4 is 0 Å². The first-order chi connectivity index (χ1) is 7.93. The van der Waals surface area contributed by atoms with E-state index in [0.29, 0.717) is 0 Å². The molecule has 7 atom stereocenters. The van der Waals surface area contributed by atoms with Crippen LogP contribution in [0.1, 0.15) is 0 Å². The number of aliphatic hydroxyl groups excluding tert-OH is 7. The minimum absolute atomic E-state index is 0.622. The summed E-state index contributed by atoms with van der Waals surface area (Å²) in [6, 6.07) is 0. The van der Waals surface area contributed by atoms with Gasteiger partial charge in [-0.1, -0.05) is 0 Å². The summed E-state index contributed by atoms with van der Waals surface area (Å²) in [5, 5.41) is 64.8. The van der Waals surface area contributed by atoms with Crippen molar-refractivity contribution in [3.05, 3.63) is 0 Å². The second-order valence-electron chi connectivity index (χ2n) is 4.03. The van der Waals surface area contributed by atoms with Crippen LogP contribution in [0.15, 0.2) is 0 Å². The van der Waals surface area contributed by atoms with Crippen LogP contribution < -0.4 is 0 Å². The summed E-state index contributed by atoms with van der Waals surface area (Å²) in [6.45, 7) is -1.38. The molecule has 0 radical (unpaired) electrons. The van der Waals surface area contributed by atoms with E-state index < -0.39 is 55.9 Å². The van der Waals surface area contributed by atoms with Crippen molar-refractivity contribution in [3.63, 3.8) is 0 Å². The molecule has 0 aromatic rings. The summed E-state index contributed by atoms with van der Waals surface area (Å²) in [6.07, 6.45) is -10.5. The van der Waals surface area contributed by atoms with Gasteiger partial charge < -0.3 is 40.5 Å². The van der Waals surface area contributed by atoms with Crippen molar-refractivity contribution < 1.29 is 40.5 Å². The zero-order valence-electron chi connectivity index (χ0n) is 8.99. The molecule has 1 rings (SSSR count). The van der Waals surface area contributed by atoms with Crippen LogP contribution in [-0.2, 0) is 4.74 Å². The zero-order valence-corrected chi connectivity index (χ0v) is 8.99. The average molecular weight is 256 g/mol. The average Bonchev–Trinajstić information content (AvgIpc) is 2.34. The van der Waals surface area contributed by atoms with Gasteiger partial charge in [-0.25, -0.2) is 0 Å². The van der Waals surface area contributed by atoms with E-state index in [4.69, 9.17) is 14.9 Å². The van der Waals surface area contributed by atoms with Gasteiger partial charge >= 0.3 is 0 Å². The first kappa shape index (κ1) is 14.7. The predicted octanol–water partition coefficient (Wildman–Crippen LogP) is -4.46. The molecule has 0 amide bonds. The first-order valence-electron chi connectivity index (χ1n) is 5.21. The highest BCUT2D eigenvalue weighted by atomic mass is 16.7. The molecular weight excluding hydrogens is 238 g/mol. The van der Waals surface area contributed by atoms with Crippen molar-refractivity contribution in [2.75, 3.05) is 13.2 Å². The molecule has 0 aliphatic carbocycles. The Hall–Kier alpha value is -0.320. The fraction of sp³-hybridized carbons (Fsp3) is 1.00. The summed E-state index contributed by atoms with van der Waals surface area (Å²) in [4.78, 5) is 0. The van der Waals surface area contributed by atoms with Crippen LogP contribution in [0.3, 0.4) is 0 Å². The lowest BCUT2D eigenvalue weighted by atomic mass is 10.0. The third kappa shape index (κ3) is 2.92. The van der Waals surface area contributed by atoms with Crippen LogP contribution >= 0.6 is 0 Å². The maximum Gasteiger partial charge on any atom is 0.115 e. The van der Waals surface area contributed by atoms with E-state index in [-0.39, 0.29) is 0 Å². The molecule has 1 fully saturated rings. The molecule has 8 heteroatoms. The molecule has 3 unspecified atom stereocenters. The molecule has 1 heterocycles. The topological polar surface area (TPSA) is 151 Å². The highest BCUT2D eigenvalue weighted by Crippen LogP contribution is 2.24. The minimum Gasteiger partial charge on any atom is -0.394 e. The van der Waals surface area contributed by atoms with Crippen LogP contribution in [0.5, 0.6) is 0 Å². The minimum atomic E-state index is -1.65. The van der Waals surface area contributed by atoms with Crippen molar-refractivity contribution in [3.8, 4) is 0 Å². The Morgan fingerprint density at radius 3 is 2.12 bits per heavy atom. The summed E-state index contributed by atoms with van der Waals surface area (Å²) in [5.41, 5.74) is 0. The molecule has 0 aromatic carbocycles. The van der Waals surface area contributed by atoms with Gasteiger partial charge in [0.2, 0.25) is 0 Å². The predicted molar refractivity (Wildman–Crippen MR) is 52.9 cm³/mol.